The lowest BCUT2D eigenvalue weighted by molar-refractivity contribution is 0.542. The van der Waals surface area contributed by atoms with Gasteiger partial charge in [-0.3, -0.25) is 0 Å². The van der Waals surface area contributed by atoms with Crippen LogP contribution in [-0.2, 0) is 11.2 Å². The van der Waals surface area contributed by atoms with Crippen LogP contribution in [0.4, 0.5) is 0 Å². The quantitative estimate of drug-likeness (QED) is 0.783. The van der Waals surface area contributed by atoms with Gasteiger partial charge in [-0.05, 0) is 50.9 Å². The number of thioether (sulfide) groups is 1. The monoisotopic (exact) mass is 299 g/mol. The number of hydrogen-bond donors (Lipinski definition) is 1. The first kappa shape index (κ1) is 15.3. The second-order valence-electron chi connectivity index (χ2n) is 5.89. The molecule has 1 aliphatic rings. The van der Waals surface area contributed by atoms with Gasteiger partial charge in [0.2, 0.25) is 0 Å². The minimum atomic E-state index is 0.242. The van der Waals surface area contributed by atoms with Crippen molar-refractivity contribution in [1.29, 1.82) is 0 Å². The van der Waals surface area contributed by atoms with Gasteiger partial charge in [-0.25, -0.2) is 0 Å². The second kappa shape index (κ2) is 7.04. The Morgan fingerprint density at radius 1 is 1.37 bits per heavy atom. The minimum Gasteiger partial charge on any atom is -0.316 e. The lowest BCUT2D eigenvalue weighted by Crippen LogP contribution is -2.21. The SMILES string of the molecule is CC(C)CNCCCc1nnc(C2(C)CCCS2)s1. The van der Waals surface area contributed by atoms with Crippen molar-refractivity contribution in [1.82, 2.24) is 15.5 Å². The summed E-state index contributed by atoms with van der Waals surface area (Å²) >= 11 is 3.86. The van der Waals surface area contributed by atoms with Crippen molar-refractivity contribution in [2.75, 3.05) is 18.8 Å². The van der Waals surface area contributed by atoms with Gasteiger partial charge in [-0.2, -0.15) is 0 Å². The van der Waals surface area contributed by atoms with E-state index in [1.165, 1.54) is 28.6 Å². The van der Waals surface area contributed by atoms with E-state index in [1.807, 2.05) is 23.1 Å². The molecule has 5 heteroatoms. The van der Waals surface area contributed by atoms with E-state index in [2.05, 4.69) is 36.3 Å². The fourth-order valence-electron chi connectivity index (χ4n) is 2.27. The van der Waals surface area contributed by atoms with Gasteiger partial charge in [-0.15, -0.1) is 33.3 Å². The summed E-state index contributed by atoms with van der Waals surface area (Å²) in [5.74, 6) is 2.00. The Morgan fingerprint density at radius 2 is 2.21 bits per heavy atom. The molecule has 0 bridgehead atoms. The molecule has 0 spiro atoms. The highest BCUT2D eigenvalue weighted by atomic mass is 32.2. The summed E-state index contributed by atoms with van der Waals surface area (Å²) in [6.45, 7) is 8.99. The topological polar surface area (TPSA) is 37.8 Å². The van der Waals surface area contributed by atoms with Crippen molar-refractivity contribution < 1.29 is 0 Å². The van der Waals surface area contributed by atoms with Gasteiger partial charge in [-0.1, -0.05) is 13.8 Å². The van der Waals surface area contributed by atoms with Crippen LogP contribution in [0.3, 0.4) is 0 Å². The van der Waals surface area contributed by atoms with Crippen molar-refractivity contribution in [3.05, 3.63) is 10.0 Å². The van der Waals surface area contributed by atoms with Gasteiger partial charge < -0.3 is 5.32 Å². The van der Waals surface area contributed by atoms with Crippen LogP contribution >= 0.6 is 23.1 Å². The number of aryl methyl sites for hydroxylation is 1. The average molecular weight is 300 g/mol. The van der Waals surface area contributed by atoms with Crippen LogP contribution in [0.2, 0.25) is 0 Å². The maximum absolute atomic E-state index is 4.42. The molecule has 1 saturated heterocycles. The minimum absolute atomic E-state index is 0.242. The van der Waals surface area contributed by atoms with Gasteiger partial charge in [0, 0.05) is 6.42 Å². The van der Waals surface area contributed by atoms with Gasteiger partial charge in [0.1, 0.15) is 10.0 Å². The van der Waals surface area contributed by atoms with E-state index in [-0.39, 0.29) is 4.75 Å². The molecule has 1 unspecified atom stereocenters. The molecule has 1 aromatic rings. The Labute approximate surface area is 125 Å². The Bertz CT molecular complexity index is 384. The van der Waals surface area contributed by atoms with E-state index in [0.29, 0.717) is 0 Å². The maximum Gasteiger partial charge on any atom is 0.133 e. The number of rotatable bonds is 7. The molecule has 2 rings (SSSR count). The van der Waals surface area contributed by atoms with Crippen molar-refractivity contribution in [3.8, 4) is 0 Å². The number of nitrogens with zero attached hydrogens (tertiary/aromatic N) is 2. The maximum atomic E-state index is 4.42. The van der Waals surface area contributed by atoms with Crippen LogP contribution < -0.4 is 5.32 Å². The smallest absolute Gasteiger partial charge is 0.133 e. The molecular formula is C14H25N3S2. The molecule has 2 heterocycles. The number of nitrogens with one attached hydrogen (secondary N) is 1. The van der Waals surface area contributed by atoms with E-state index >= 15 is 0 Å². The largest absolute Gasteiger partial charge is 0.316 e. The summed E-state index contributed by atoms with van der Waals surface area (Å²) in [6.07, 6.45) is 4.78. The summed E-state index contributed by atoms with van der Waals surface area (Å²) in [4.78, 5) is 0. The molecule has 1 aliphatic heterocycles. The summed E-state index contributed by atoms with van der Waals surface area (Å²) in [5.41, 5.74) is 0. The van der Waals surface area contributed by atoms with Crippen molar-refractivity contribution >= 4 is 23.1 Å². The number of hydrogen-bond acceptors (Lipinski definition) is 5. The predicted octanol–water partition coefficient (Wildman–Crippen LogP) is 3.46. The zero-order valence-electron chi connectivity index (χ0n) is 12.2. The van der Waals surface area contributed by atoms with Crippen molar-refractivity contribution in [2.24, 2.45) is 5.92 Å². The molecule has 0 aliphatic carbocycles. The molecule has 0 radical (unpaired) electrons. The molecule has 1 atom stereocenters. The van der Waals surface area contributed by atoms with E-state index in [9.17, 15) is 0 Å². The number of aromatic nitrogens is 2. The molecule has 0 saturated carbocycles. The third-order valence-electron chi connectivity index (χ3n) is 3.43. The van der Waals surface area contributed by atoms with E-state index < -0.39 is 0 Å². The van der Waals surface area contributed by atoms with E-state index in [4.69, 9.17) is 0 Å². The fraction of sp³-hybridized carbons (Fsp3) is 0.857. The van der Waals surface area contributed by atoms with Crippen LogP contribution in [0.15, 0.2) is 0 Å². The van der Waals surface area contributed by atoms with E-state index in [1.54, 1.807) is 0 Å². The van der Waals surface area contributed by atoms with E-state index in [0.717, 1.165) is 31.8 Å². The molecule has 0 amide bonds. The Hall–Kier alpha value is -0.130. The van der Waals surface area contributed by atoms with Gasteiger partial charge in [0.15, 0.2) is 0 Å². The van der Waals surface area contributed by atoms with Gasteiger partial charge >= 0.3 is 0 Å². The molecule has 1 fully saturated rings. The van der Waals surface area contributed by atoms with Crippen molar-refractivity contribution in [2.45, 2.75) is 51.2 Å². The third-order valence-corrected chi connectivity index (χ3v) is 6.34. The first-order valence-electron chi connectivity index (χ1n) is 7.28. The molecule has 0 aromatic carbocycles. The molecule has 19 heavy (non-hydrogen) atoms. The van der Waals surface area contributed by atoms with Crippen molar-refractivity contribution in [3.63, 3.8) is 0 Å². The lowest BCUT2D eigenvalue weighted by Gasteiger charge is -2.17. The standard InChI is InChI=1S/C14H25N3S2/c1-11(2)10-15-8-4-6-12-16-17-13(19-12)14(3)7-5-9-18-14/h11,15H,4-10H2,1-3H3. The summed E-state index contributed by atoms with van der Waals surface area (Å²) in [6, 6.07) is 0. The first-order valence-corrected chi connectivity index (χ1v) is 9.08. The van der Waals surface area contributed by atoms with Gasteiger partial charge in [0.25, 0.3) is 0 Å². The fourth-order valence-corrected chi connectivity index (χ4v) is 4.72. The highest BCUT2D eigenvalue weighted by Gasteiger charge is 2.34. The Balaban J connectivity index is 1.75. The second-order valence-corrected chi connectivity index (χ2v) is 8.55. The molecule has 108 valence electrons. The average Bonchev–Trinajstić information content (AvgIpc) is 2.98. The molecular weight excluding hydrogens is 274 g/mol. The summed E-state index contributed by atoms with van der Waals surface area (Å²) < 4.78 is 0.242. The zero-order chi connectivity index (χ0) is 13.7. The first-order chi connectivity index (χ1) is 9.10. The normalized spacial score (nSPS) is 23.4. The lowest BCUT2D eigenvalue weighted by atomic mass is 10.1. The van der Waals surface area contributed by atoms with Crippen LogP contribution in [-0.4, -0.2) is 29.0 Å². The highest BCUT2D eigenvalue weighted by molar-refractivity contribution is 8.00. The Kier molecular flexibility index (Phi) is 5.66. The zero-order valence-corrected chi connectivity index (χ0v) is 13.9. The van der Waals surface area contributed by atoms with Crippen LogP contribution in [0.25, 0.3) is 0 Å². The summed E-state index contributed by atoms with van der Waals surface area (Å²) in [5, 5.41) is 14.7. The highest BCUT2D eigenvalue weighted by Crippen LogP contribution is 2.46. The third kappa shape index (κ3) is 4.43. The van der Waals surface area contributed by atoms with Gasteiger partial charge in [0.05, 0.1) is 4.75 Å². The molecule has 3 nitrogen and oxygen atoms in total. The van der Waals surface area contributed by atoms with Crippen LogP contribution in [0.5, 0.6) is 0 Å². The van der Waals surface area contributed by atoms with Crippen LogP contribution in [0, 0.1) is 5.92 Å². The summed E-state index contributed by atoms with van der Waals surface area (Å²) in [7, 11) is 0. The molecule has 1 N–H and O–H groups in total. The Morgan fingerprint density at radius 3 is 2.89 bits per heavy atom. The predicted molar refractivity (Wildman–Crippen MR) is 85.0 cm³/mol. The molecule has 1 aromatic heterocycles. The van der Waals surface area contributed by atoms with Crippen LogP contribution in [0.1, 0.15) is 50.0 Å².